The van der Waals surface area contributed by atoms with E-state index in [4.69, 9.17) is 11.5 Å². The smallest absolute Gasteiger partial charge is 0.211 e. The van der Waals surface area contributed by atoms with Gasteiger partial charge in [-0.2, -0.15) is 5.10 Å². The topological polar surface area (TPSA) is 76.8 Å². The molecule has 0 aromatic heterocycles. The summed E-state index contributed by atoms with van der Waals surface area (Å²) >= 11 is 1.69. The molecule has 4 N–H and O–H groups in total. The minimum atomic E-state index is -0.0398. The van der Waals surface area contributed by atoms with Crippen molar-refractivity contribution in [1.29, 1.82) is 0 Å². The van der Waals surface area contributed by atoms with Gasteiger partial charge in [0.1, 0.15) is 0 Å². The summed E-state index contributed by atoms with van der Waals surface area (Å²) in [5.41, 5.74) is 11.2. The summed E-state index contributed by atoms with van der Waals surface area (Å²) in [7, 11) is 0. The van der Waals surface area contributed by atoms with Crippen LogP contribution in [0.3, 0.4) is 0 Å². The molecule has 0 aliphatic heterocycles. The second-order valence-corrected chi connectivity index (χ2v) is 3.42. The van der Waals surface area contributed by atoms with Gasteiger partial charge in [0.2, 0.25) is 5.96 Å². The molecule has 1 rings (SSSR count). The van der Waals surface area contributed by atoms with Crippen LogP contribution >= 0.6 is 11.8 Å². The molecule has 0 heterocycles. The van der Waals surface area contributed by atoms with Gasteiger partial charge in [-0.05, 0) is 24.0 Å². The zero-order valence-corrected chi connectivity index (χ0v) is 8.66. The molecule has 0 aliphatic carbocycles. The molecule has 0 bridgehead atoms. The van der Waals surface area contributed by atoms with Gasteiger partial charge in [-0.25, -0.2) is 0 Å². The summed E-state index contributed by atoms with van der Waals surface area (Å²) in [6, 6.07) is 7.94. The maximum Gasteiger partial charge on any atom is 0.211 e. The van der Waals surface area contributed by atoms with Crippen LogP contribution in [0.15, 0.2) is 39.4 Å². The summed E-state index contributed by atoms with van der Waals surface area (Å²) in [5, 5.41) is 7.20. The predicted molar refractivity (Wildman–Crippen MR) is 61.6 cm³/mol. The molecule has 0 radical (unpaired) electrons. The summed E-state index contributed by atoms with van der Waals surface area (Å²) in [5.74, 6) is -0.0398. The number of guanidine groups is 1. The molecule has 0 atom stereocenters. The van der Waals surface area contributed by atoms with Crippen LogP contribution < -0.4 is 11.5 Å². The van der Waals surface area contributed by atoms with E-state index in [2.05, 4.69) is 10.2 Å². The highest BCUT2D eigenvalue weighted by Gasteiger charge is 1.89. The number of thioether (sulfide) groups is 1. The van der Waals surface area contributed by atoms with Gasteiger partial charge in [0.15, 0.2) is 0 Å². The molecule has 5 heteroatoms. The third-order valence-corrected chi connectivity index (χ3v) is 2.24. The van der Waals surface area contributed by atoms with E-state index in [-0.39, 0.29) is 5.96 Å². The predicted octanol–water partition coefficient (Wildman–Crippen LogP) is 1.02. The molecule has 0 amide bonds. The Bertz CT molecular complexity index is 338. The molecular weight excluding hydrogens is 196 g/mol. The number of rotatable bonds is 3. The zero-order valence-electron chi connectivity index (χ0n) is 7.84. The summed E-state index contributed by atoms with van der Waals surface area (Å²) in [6.07, 6.45) is 3.63. The van der Waals surface area contributed by atoms with Gasteiger partial charge < -0.3 is 11.5 Å². The van der Waals surface area contributed by atoms with E-state index in [9.17, 15) is 0 Å². The van der Waals surface area contributed by atoms with Crippen LogP contribution in [0.2, 0.25) is 0 Å². The average Bonchev–Trinajstić information content (AvgIpc) is 2.18. The number of benzene rings is 1. The van der Waals surface area contributed by atoms with E-state index in [1.165, 1.54) is 4.90 Å². The van der Waals surface area contributed by atoms with Gasteiger partial charge in [-0.1, -0.05) is 12.1 Å². The first kappa shape index (κ1) is 10.6. The van der Waals surface area contributed by atoms with Gasteiger partial charge in [0.25, 0.3) is 0 Å². The molecule has 0 saturated heterocycles. The van der Waals surface area contributed by atoms with Gasteiger partial charge in [0, 0.05) is 4.90 Å². The molecule has 74 valence electrons. The molecule has 0 fully saturated rings. The molecule has 1 aromatic rings. The van der Waals surface area contributed by atoms with E-state index in [0.29, 0.717) is 0 Å². The number of hydrogen-bond donors (Lipinski definition) is 2. The van der Waals surface area contributed by atoms with Gasteiger partial charge in [-0.3, -0.25) is 0 Å². The highest BCUT2D eigenvalue weighted by molar-refractivity contribution is 7.98. The van der Waals surface area contributed by atoms with E-state index in [1.54, 1.807) is 18.0 Å². The largest absolute Gasteiger partial charge is 0.369 e. The Kier molecular flexibility index (Phi) is 4.00. The average molecular weight is 208 g/mol. The lowest BCUT2D eigenvalue weighted by molar-refractivity contribution is 1.21. The minimum absolute atomic E-state index is 0.0398. The second kappa shape index (κ2) is 5.29. The SMILES string of the molecule is CSc1ccc(/C=N\N=C(N)N)cc1. The van der Waals surface area contributed by atoms with Crippen molar-refractivity contribution in [2.24, 2.45) is 21.7 Å². The lowest BCUT2D eigenvalue weighted by Crippen LogP contribution is -2.21. The maximum absolute atomic E-state index is 5.11. The second-order valence-electron chi connectivity index (χ2n) is 2.54. The number of nitrogens with two attached hydrogens (primary N) is 2. The normalized spacial score (nSPS) is 10.4. The third-order valence-electron chi connectivity index (χ3n) is 1.50. The highest BCUT2D eigenvalue weighted by atomic mass is 32.2. The van der Waals surface area contributed by atoms with Gasteiger partial charge >= 0.3 is 0 Å². The number of nitrogens with zero attached hydrogens (tertiary/aromatic N) is 2. The van der Waals surface area contributed by atoms with Crippen molar-refractivity contribution in [2.45, 2.75) is 4.90 Å². The van der Waals surface area contributed by atoms with Crippen molar-refractivity contribution in [3.05, 3.63) is 29.8 Å². The van der Waals surface area contributed by atoms with Crippen molar-refractivity contribution in [3.8, 4) is 0 Å². The van der Waals surface area contributed by atoms with Crippen LogP contribution in [-0.4, -0.2) is 18.4 Å². The molecule has 1 aromatic carbocycles. The number of hydrogen-bond acceptors (Lipinski definition) is 3. The quantitative estimate of drug-likeness (QED) is 0.337. The monoisotopic (exact) mass is 208 g/mol. The molecule has 0 spiro atoms. The van der Waals surface area contributed by atoms with E-state index >= 15 is 0 Å². The molecular formula is C9H12N4S. The standard InChI is InChI=1S/C9H12N4S/c1-14-8-4-2-7(3-5-8)6-12-13-9(10)11/h2-6H,1H3,(H4,10,11,13)/b12-6-. The fourth-order valence-electron chi connectivity index (χ4n) is 0.852. The lowest BCUT2D eigenvalue weighted by Gasteiger charge is -1.95. The van der Waals surface area contributed by atoms with Gasteiger partial charge in [0.05, 0.1) is 6.21 Å². The first-order chi connectivity index (χ1) is 6.72. The van der Waals surface area contributed by atoms with Crippen molar-refractivity contribution >= 4 is 23.9 Å². The fourth-order valence-corrected chi connectivity index (χ4v) is 1.26. The minimum Gasteiger partial charge on any atom is -0.369 e. The van der Waals surface area contributed by atoms with Crippen molar-refractivity contribution in [2.75, 3.05) is 6.26 Å². The molecule has 0 saturated carbocycles. The fraction of sp³-hybridized carbons (Fsp3) is 0.111. The van der Waals surface area contributed by atoms with E-state index in [0.717, 1.165) is 5.56 Å². The Morgan fingerprint density at radius 1 is 1.29 bits per heavy atom. The lowest BCUT2D eigenvalue weighted by atomic mass is 10.2. The van der Waals surface area contributed by atoms with Crippen molar-refractivity contribution < 1.29 is 0 Å². The summed E-state index contributed by atoms with van der Waals surface area (Å²) in [6.45, 7) is 0. The molecule has 14 heavy (non-hydrogen) atoms. The van der Waals surface area contributed by atoms with Crippen LogP contribution in [0.5, 0.6) is 0 Å². The molecule has 0 unspecified atom stereocenters. The van der Waals surface area contributed by atoms with Gasteiger partial charge in [-0.15, -0.1) is 16.9 Å². The highest BCUT2D eigenvalue weighted by Crippen LogP contribution is 2.13. The van der Waals surface area contributed by atoms with Crippen LogP contribution in [0.4, 0.5) is 0 Å². The van der Waals surface area contributed by atoms with Crippen LogP contribution in [0.1, 0.15) is 5.56 Å². The Morgan fingerprint density at radius 2 is 1.93 bits per heavy atom. The Balaban J connectivity index is 2.69. The zero-order chi connectivity index (χ0) is 10.4. The first-order valence-corrected chi connectivity index (χ1v) is 5.21. The Hall–Kier alpha value is -1.49. The van der Waals surface area contributed by atoms with Crippen LogP contribution in [0.25, 0.3) is 0 Å². The third kappa shape index (κ3) is 3.49. The maximum atomic E-state index is 5.11. The van der Waals surface area contributed by atoms with E-state index in [1.807, 2.05) is 30.5 Å². The summed E-state index contributed by atoms with van der Waals surface area (Å²) < 4.78 is 0. The summed E-state index contributed by atoms with van der Waals surface area (Å²) in [4.78, 5) is 1.21. The molecule has 4 nitrogen and oxygen atoms in total. The molecule has 0 aliphatic rings. The van der Waals surface area contributed by atoms with Crippen LogP contribution in [0, 0.1) is 0 Å². The van der Waals surface area contributed by atoms with Crippen LogP contribution in [-0.2, 0) is 0 Å². The van der Waals surface area contributed by atoms with Crippen molar-refractivity contribution in [3.63, 3.8) is 0 Å². The first-order valence-electron chi connectivity index (χ1n) is 3.98. The van der Waals surface area contributed by atoms with E-state index < -0.39 is 0 Å². The van der Waals surface area contributed by atoms with Crippen molar-refractivity contribution in [1.82, 2.24) is 0 Å². The Morgan fingerprint density at radius 3 is 2.43 bits per heavy atom. The Labute approximate surface area is 87.1 Å².